The fourth-order valence-corrected chi connectivity index (χ4v) is 5.54. The minimum absolute atomic E-state index is 0.133. The highest BCUT2D eigenvalue weighted by Crippen LogP contribution is 2.33. The first-order chi connectivity index (χ1) is 22.1. The number of anilines is 1. The number of aromatic amines is 1. The third-order valence-electron chi connectivity index (χ3n) is 8.32. The Bertz CT molecular complexity index is 1160. The van der Waals surface area contributed by atoms with E-state index in [0.29, 0.717) is 18.0 Å². The summed E-state index contributed by atoms with van der Waals surface area (Å²) in [5.74, 6) is 1.02. The number of likely N-dealkylation sites (N-methyl/N-ethyl adjacent to an activating group) is 2. The number of H-pyrrole nitrogens is 1. The zero-order chi connectivity index (χ0) is 34.3. The second-order valence-electron chi connectivity index (χ2n) is 12.0. The van der Waals surface area contributed by atoms with E-state index < -0.39 is 0 Å². The fourth-order valence-electron chi connectivity index (χ4n) is 5.54. The van der Waals surface area contributed by atoms with Crippen LogP contribution in [0.3, 0.4) is 0 Å². The highest BCUT2D eigenvalue weighted by molar-refractivity contribution is 5.60. The molecule has 0 saturated heterocycles. The number of hydrogen-bond acceptors (Lipinski definition) is 8. The Morgan fingerprint density at radius 2 is 1.65 bits per heavy atom. The van der Waals surface area contributed by atoms with Crippen molar-refractivity contribution in [1.82, 2.24) is 20.5 Å². The average Bonchev–Trinajstić information content (AvgIpc) is 3.04. The van der Waals surface area contributed by atoms with Crippen molar-refractivity contribution in [2.75, 3.05) is 79.2 Å². The van der Waals surface area contributed by atoms with Gasteiger partial charge < -0.3 is 39.6 Å². The van der Waals surface area contributed by atoms with Gasteiger partial charge in [-0.2, -0.15) is 0 Å². The van der Waals surface area contributed by atoms with Crippen LogP contribution in [0.4, 0.5) is 5.69 Å². The second kappa shape index (κ2) is 24.3. The number of methoxy groups -OCH3 is 2. The van der Waals surface area contributed by atoms with Gasteiger partial charge in [-0.1, -0.05) is 19.3 Å². The molecule has 1 fully saturated rings. The Hall–Kier alpha value is -2.92. The van der Waals surface area contributed by atoms with Crippen molar-refractivity contribution < 1.29 is 19.0 Å². The van der Waals surface area contributed by atoms with Gasteiger partial charge >= 0.3 is 0 Å². The zero-order valence-corrected chi connectivity index (χ0v) is 30.2. The number of hydrogen-bond donors (Lipinski definition) is 3. The lowest BCUT2D eigenvalue weighted by Gasteiger charge is -2.37. The topological polar surface area (TPSA) is 108 Å². The number of carbonyl (C=O) groups excluding carboxylic acids is 1. The van der Waals surface area contributed by atoms with Crippen LogP contribution in [-0.4, -0.2) is 96.7 Å². The smallest absolute Gasteiger partial charge is 0.253 e. The fraction of sp³-hybridized carbons (Fsp3) is 0.667. The maximum Gasteiger partial charge on any atom is 0.253 e. The number of benzene rings is 1. The minimum atomic E-state index is -0.133. The average molecular weight is 646 g/mol. The number of nitrogens with zero attached hydrogens (tertiary/aromatic N) is 2. The van der Waals surface area contributed by atoms with Crippen LogP contribution in [0.2, 0.25) is 0 Å². The number of aromatic nitrogens is 1. The maximum absolute atomic E-state index is 11.4. The molecule has 1 heterocycles. The monoisotopic (exact) mass is 645 g/mol. The Labute approximate surface area is 278 Å². The van der Waals surface area contributed by atoms with Crippen LogP contribution in [0.5, 0.6) is 5.75 Å². The van der Waals surface area contributed by atoms with E-state index in [1.807, 2.05) is 27.0 Å². The van der Waals surface area contributed by atoms with Gasteiger partial charge in [-0.15, -0.1) is 0 Å². The van der Waals surface area contributed by atoms with Gasteiger partial charge in [0.25, 0.3) is 5.56 Å². The molecule has 0 spiro atoms. The van der Waals surface area contributed by atoms with Crippen LogP contribution >= 0.6 is 0 Å². The molecule has 1 aliphatic rings. The number of rotatable bonds is 17. The molecule has 0 radical (unpaired) electrons. The molecule has 1 saturated carbocycles. The predicted molar refractivity (Wildman–Crippen MR) is 191 cm³/mol. The number of nitrogens with one attached hydrogen (secondary N) is 3. The first kappa shape index (κ1) is 41.1. The maximum atomic E-state index is 11.4. The summed E-state index contributed by atoms with van der Waals surface area (Å²) in [4.78, 5) is 29.0. The van der Waals surface area contributed by atoms with Crippen molar-refractivity contribution >= 4 is 12.1 Å². The lowest BCUT2D eigenvalue weighted by atomic mass is 9.93. The number of pyridine rings is 1. The van der Waals surface area contributed by atoms with Crippen LogP contribution in [0.1, 0.15) is 73.4 Å². The van der Waals surface area contributed by atoms with Crippen molar-refractivity contribution in [3.63, 3.8) is 0 Å². The van der Waals surface area contributed by atoms with E-state index in [9.17, 15) is 9.59 Å². The lowest BCUT2D eigenvalue weighted by Crippen LogP contribution is -2.37. The van der Waals surface area contributed by atoms with Crippen LogP contribution in [0.25, 0.3) is 0 Å². The Morgan fingerprint density at radius 1 is 0.957 bits per heavy atom. The van der Waals surface area contributed by atoms with E-state index in [2.05, 4.69) is 65.4 Å². The molecule has 10 nitrogen and oxygen atoms in total. The Balaban J connectivity index is 0.000000458. The third-order valence-corrected chi connectivity index (χ3v) is 8.32. The number of aryl methyl sites for hydroxylation is 3. The van der Waals surface area contributed by atoms with Gasteiger partial charge in [0.15, 0.2) is 0 Å². The molecule has 1 aromatic heterocycles. The Morgan fingerprint density at radius 3 is 2.22 bits per heavy atom. The third kappa shape index (κ3) is 15.6. The zero-order valence-electron chi connectivity index (χ0n) is 30.2. The Kier molecular flexibility index (Phi) is 21.7. The SMILES string of the molecule is CCN(c1cc(OCCCN(C)CCOC)cc(C)c1C)C1CCCCC1.CNCCOC.Cc1cc(C)c(CNC=O)c(=O)[nH]1. The molecule has 3 rings (SSSR count). The summed E-state index contributed by atoms with van der Waals surface area (Å²) < 4.78 is 16.0. The van der Waals surface area contributed by atoms with Gasteiger partial charge in [0, 0.05) is 76.0 Å². The molecular formula is C36H63N5O5. The van der Waals surface area contributed by atoms with Crippen molar-refractivity contribution in [2.45, 2.75) is 85.7 Å². The van der Waals surface area contributed by atoms with Crippen molar-refractivity contribution in [1.29, 1.82) is 0 Å². The summed E-state index contributed by atoms with van der Waals surface area (Å²) in [6.07, 6.45) is 8.39. The van der Waals surface area contributed by atoms with Gasteiger partial charge in [-0.05, 0) is 96.8 Å². The summed E-state index contributed by atoms with van der Waals surface area (Å²) in [7, 11) is 7.48. The van der Waals surface area contributed by atoms with Crippen LogP contribution in [0, 0.1) is 27.7 Å². The molecule has 1 aliphatic carbocycles. The first-order valence-corrected chi connectivity index (χ1v) is 16.8. The molecule has 0 bridgehead atoms. The largest absolute Gasteiger partial charge is 0.493 e. The molecule has 0 atom stereocenters. The predicted octanol–water partition coefficient (Wildman–Crippen LogP) is 4.90. The molecule has 10 heteroatoms. The number of amides is 1. The van der Waals surface area contributed by atoms with E-state index >= 15 is 0 Å². The molecule has 1 amide bonds. The molecule has 0 unspecified atom stereocenters. The van der Waals surface area contributed by atoms with E-state index in [-0.39, 0.29) is 12.1 Å². The first-order valence-electron chi connectivity index (χ1n) is 16.8. The highest BCUT2D eigenvalue weighted by atomic mass is 16.5. The van der Waals surface area contributed by atoms with Crippen LogP contribution in [-0.2, 0) is 20.8 Å². The number of ether oxygens (including phenoxy) is 3. The quantitative estimate of drug-likeness (QED) is 0.165. The standard InChI is InChI=1S/C23H40N2O2.C9H12N2O2.C4H11NO/c1-6-25(21-11-8-7-9-12-21)23-18-22(17-19(2)20(23)3)27-15-10-13-24(4)14-16-26-5;1-6-3-7(2)11-9(13)8(6)4-10-5-12;1-5-3-4-6-2/h17-18,21H,6-16H2,1-5H3;3,5H,4H2,1-2H3,(H,10,12)(H,11,13);5H,3-4H2,1-2H3. The highest BCUT2D eigenvalue weighted by Gasteiger charge is 2.22. The van der Waals surface area contributed by atoms with E-state index in [4.69, 9.17) is 14.2 Å². The van der Waals surface area contributed by atoms with Gasteiger partial charge in [-0.3, -0.25) is 9.59 Å². The van der Waals surface area contributed by atoms with Crippen molar-refractivity contribution in [3.05, 3.63) is 56.5 Å². The van der Waals surface area contributed by atoms with Crippen molar-refractivity contribution in [2.24, 2.45) is 0 Å². The molecule has 1 aromatic carbocycles. The van der Waals surface area contributed by atoms with Crippen LogP contribution in [0.15, 0.2) is 23.0 Å². The summed E-state index contributed by atoms with van der Waals surface area (Å²) in [5, 5.41) is 5.41. The van der Waals surface area contributed by atoms with Crippen molar-refractivity contribution in [3.8, 4) is 5.75 Å². The lowest BCUT2D eigenvalue weighted by molar-refractivity contribution is -0.109. The second-order valence-corrected chi connectivity index (χ2v) is 12.0. The van der Waals surface area contributed by atoms with Gasteiger partial charge in [0.2, 0.25) is 6.41 Å². The molecule has 262 valence electrons. The number of carbonyl (C=O) groups is 1. The minimum Gasteiger partial charge on any atom is -0.493 e. The van der Waals surface area contributed by atoms with Gasteiger partial charge in [0.05, 0.1) is 19.8 Å². The summed E-state index contributed by atoms with van der Waals surface area (Å²) in [6.45, 7) is 17.1. The molecule has 3 N–H and O–H groups in total. The molecule has 0 aliphatic heterocycles. The molecule has 46 heavy (non-hydrogen) atoms. The summed E-state index contributed by atoms with van der Waals surface area (Å²) in [5.41, 5.74) is 6.30. The van der Waals surface area contributed by atoms with E-state index in [1.54, 1.807) is 14.2 Å². The summed E-state index contributed by atoms with van der Waals surface area (Å²) >= 11 is 0. The molecule has 2 aromatic rings. The van der Waals surface area contributed by atoms with E-state index in [1.165, 1.54) is 48.9 Å². The normalized spacial score (nSPS) is 12.9. The van der Waals surface area contributed by atoms with Gasteiger partial charge in [-0.25, -0.2) is 0 Å². The van der Waals surface area contributed by atoms with E-state index in [0.717, 1.165) is 69.4 Å². The van der Waals surface area contributed by atoms with Crippen LogP contribution < -0.4 is 25.8 Å². The molecular weight excluding hydrogens is 582 g/mol. The summed E-state index contributed by atoms with van der Waals surface area (Å²) in [6, 6.07) is 7.03. The van der Waals surface area contributed by atoms with Gasteiger partial charge in [0.1, 0.15) is 5.75 Å².